The number of benzene rings is 2. The summed E-state index contributed by atoms with van der Waals surface area (Å²) in [5.41, 5.74) is 2.60. The lowest BCUT2D eigenvalue weighted by Gasteiger charge is -2.19. The van der Waals surface area contributed by atoms with Gasteiger partial charge in [-0.3, -0.25) is 4.79 Å². The van der Waals surface area contributed by atoms with E-state index in [0.29, 0.717) is 11.6 Å². The third kappa shape index (κ3) is 3.36. The first-order valence-corrected chi connectivity index (χ1v) is 8.49. The molecular formula is C20H16F2N4O. The third-order valence-electron chi connectivity index (χ3n) is 4.40. The fraction of sp³-hybridized carbons (Fsp3) is 0.150. The Morgan fingerprint density at radius 3 is 2.70 bits per heavy atom. The summed E-state index contributed by atoms with van der Waals surface area (Å²) in [4.78, 5) is 23.2. The quantitative estimate of drug-likeness (QED) is 0.761. The summed E-state index contributed by atoms with van der Waals surface area (Å²) in [5.74, 6) is -1.43. The van der Waals surface area contributed by atoms with Gasteiger partial charge in [0.15, 0.2) is 11.6 Å². The number of hydrogen-bond acceptors (Lipinski definition) is 4. The second-order valence-corrected chi connectivity index (χ2v) is 6.27. The van der Waals surface area contributed by atoms with E-state index < -0.39 is 17.5 Å². The molecule has 1 aliphatic rings. The topological polar surface area (TPSA) is 58.1 Å². The van der Waals surface area contributed by atoms with Gasteiger partial charge < -0.3 is 10.2 Å². The molecule has 7 heteroatoms. The second kappa shape index (κ2) is 6.75. The number of para-hydroxylation sites is 1. The van der Waals surface area contributed by atoms with Crippen molar-refractivity contribution in [2.24, 2.45) is 0 Å². The molecule has 1 aliphatic heterocycles. The Balaban J connectivity index is 1.63. The van der Waals surface area contributed by atoms with E-state index >= 15 is 0 Å². The van der Waals surface area contributed by atoms with Crippen LogP contribution in [0.2, 0.25) is 0 Å². The lowest BCUT2D eigenvalue weighted by Crippen LogP contribution is -2.19. The van der Waals surface area contributed by atoms with Crippen LogP contribution in [0, 0.1) is 18.6 Å². The largest absolute Gasteiger partial charge is 0.326 e. The van der Waals surface area contributed by atoms with Crippen molar-refractivity contribution in [3.05, 3.63) is 77.2 Å². The number of aromatic nitrogens is 2. The summed E-state index contributed by atoms with van der Waals surface area (Å²) in [6, 6.07) is 12.8. The first kappa shape index (κ1) is 17.1. The van der Waals surface area contributed by atoms with Gasteiger partial charge in [0.25, 0.3) is 5.91 Å². The molecule has 0 unspecified atom stereocenters. The highest BCUT2D eigenvalue weighted by atomic mass is 19.2. The molecule has 0 spiro atoms. The number of rotatable bonds is 3. The van der Waals surface area contributed by atoms with Crippen LogP contribution < -0.4 is 10.2 Å². The molecule has 4 rings (SSSR count). The van der Waals surface area contributed by atoms with Gasteiger partial charge >= 0.3 is 0 Å². The molecular weight excluding hydrogens is 350 g/mol. The van der Waals surface area contributed by atoms with Crippen LogP contribution in [0.25, 0.3) is 0 Å². The summed E-state index contributed by atoms with van der Waals surface area (Å²) >= 11 is 0. The lowest BCUT2D eigenvalue weighted by molar-refractivity contribution is 0.102. The number of amides is 1. The average Bonchev–Trinajstić information content (AvgIpc) is 3.08. The highest BCUT2D eigenvalue weighted by Crippen LogP contribution is 2.33. The van der Waals surface area contributed by atoms with Crippen LogP contribution in [0.15, 0.2) is 48.5 Å². The predicted molar refractivity (Wildman–Crippen MR) is 98.2 cm³/mol. The van der Waals surface area contributed by atoms with Gasteiger partial charge in [0, 0.05) is 30.1 Å². The molecule has 0 aliphatic carbocycles. The number of fused-ring (bicyclic) bond motifs is 1. The smallest absolute Gasteiger partial charge is 0.274 e. The molecule has 0 radical (unpaired) electrons. The minimum Gasteiger partial charge on any atom is -0.326 e. The van der Waals surface area contributed by atoms with Crippen LogP contribution in [0.5, 0.6) is 0 Å². The van der Waals surface area contributed by atoms with Gasteiger partial charge in [0.05, 0.1) is 0 Å². The zero-order chi connectivity index (χ0) is 19.0. The number of hydrogen-bond donors (Lipinski definition) is 1. The molecule has 2 heterocycles. The molecule has 5 nitrogen and oxygen atoms in total. The number of halogens is 2. The molecule has 0 atom stereocenters. The van der Waals surface area contributed by atoms with Crippen molar-refractivity contribution in [2.45, 2.75) is 13.3 Å². The molecule has 0 saturated carbocycles. The summed E-state index contributed by atoms with van der Waals surface area (Å²) in [6.45, 7) is 2.47. The van der Waals surface area contributed by atoms with E-state index in [0.717, 1.165) is 30.8 Å². The van der Waals surface area contributed by atoms with Gasteiger partial charge in [-0.05, 0) is 37.1 Å². The van der Waals surface area contributed by atoms with Crippen LogP contribution >= 0.6 is 0 Å². The summed E-state index contributed by atoms with van der Waals surface area (Å²) in [6.07, 6.45) is 0.898. The van der Waals surface area contributed by atoms with Crippen LogP contribution in [0.3, 0.4) is 0 Å². The highest BCUT2D eigenvalue weighted by molar-refractivity contribution is 6.03. The zero-order valence-corrected chi connectivity index (χ0v) is 14.5. The van der Waals surface area contributed by atoms with Crippen molar-refractivity contribution in [3.8, 4) is 0 Å². The molecule has 27 heavy (non-hydrogen) atoms. The predicted octanol–water partition coefficient (Wildman–Crippen LogP) is 4.01. The fourth-order valence-corrected chi connectivity index (χ4v) is 3.15. The van der Waals surface area contributed by atoms with Gasteiger partial charge in [-0.2, -0.15) is 0 Å². The van der Waals surface area contributed by atoms with Crippen molar-refractivity contribution < 1.29 is 13.6 Å². The maximum atomic E-state index is 13.3. The average molecular weight is 366 g/mol. The lowest BCUT2D eigenvalue weighted by atomic mass is 10.2. The van der Waals surface area contributed by atoms with Crippen molar-refractivity contribution in [2.75, 3.05) is 16.8 Å². The Bertz CT molecular complexity index is 1040. The van der Waals surface area contributed by atoms with E-state index in [9.17, 15) is 13.6 Å². The molecule has 1 aromatic heterocycles. The van der Waals surface area contributed by atoms with E-state index in [1.165, 1.54) is 11.6 Å². The number of aryl methyl sites for hydroxylation is 1. The fourth-order valence-electron chi connectivity index (χ4n) is 3.15. The monoisotopic (exact) mass is 366 g/mol. The van der Waals surface area contributed by atoms with E-state index in [4.69, 9.17) is 0 Å². The summed E-state index contributed by atoms with van der Waals surface area (Å²) < 4.78 is 26.4. The van der Waals surface area contributed by atoms with Crippen molar-refractivity contribution >= 4 is 23.1 Å². The minimum atomic E-state index is -1.03. The molecule has 3 aromatic rings. The standard InChI is InChI=1S/C20H16F2N4O/c1-12-23-17(20(27)25-14-6-7-15(21)16(22)10-14)11-19(24-12)26-9-8-13-4-2-3-5-18(13)26/h2-7,10-11H,8-9H2,1H3,(H,25,27). The Morgan fingerprint density at radius 1 is 1.07 bits per heavy atom. The van der Waals surface area contributed by atoms with Crippen LogP contribution in [0.4, 0.5) is 26.0 Å². The van der Waals surface area contributed by atoms with Crippen molar-refractivity contribution in [1.29, 1.82) is 0 Å². The summed E-state index contributed by atoms with van der Waals surface area (Å²) in [7, 11) is 0. The number of carbonyl (C=O) groups is 1. The van der Waals surface area contributed by atoms with Gasteiger partial charge in [-0.15, -0.1) is 0 Å². The molecule has 136 valence electrons. The maximum absolute atomic E-state index is 13.3. The number of nitrogens with one attached hydrogen (secondary N) is 1. The number of carbonyl (C=O) groups excluding carboxylic acids is 1. The number of nitrogens with zero attached hydrogens (tertiary/aromatic N) is 3. The molecule has 0 saturated heterocycles. The van der Waals surface area contributed by atoms with E-state index in [1.54, 1.807) is 13.0 Å². The minimum absolute atomic E-state index is 0.156. The van der Waals surface area contributed by atoms with Crippen LogP contribution in [0.1, 0.15) is 21.9 Å². The molecule has 2 aromatic carbocycles. The van der Waals surface area contributed by atoms with Gasteiger partial charge in [-0.1, -0.05) is 18.2 Å². The van der Waals surface area contributed by atoms with Crippen LogP contribution in [-0.2, 0) is 6.42 Å². The first-order chi connectivity index (χ1) is 13.0. The highest BCUT2D eigenvalue weighted by Gasteiger charge is 2.22. The van der Waals surface area contributed by atoms with Crippen LogP contribution in [-0.4, -0.2) is 22.4 Å². The molecule has 1 N–H and O–H groups in total. The Morgan fingerprint density at radius 2 is 1.89 bits per heavy atom. The van der Waals surface area contributed by atoms with E-state index in [-0.39, 0.29) is 11.4 Å². The van der Waals surface area contributed by atoms with E-state index in [1.807, 2.05) is 23.1 Å². The Labute approximate surface area is 154 Å². The van der Waals surface area contributed by atoms with E-state index in [2.05, 4.69) is 21.4 Å². The third-order valence-corrected chi connectivity index (χ3v) is 4.40. The molecule has 1 amide bonds. The molecule has 0 bridgehead atoms. The van der Waals surface area contributed by atoms with Crippen molar-refractivity contribution in [1.82, 2.24) is 9.97 Å². The second-order valence-electron chi connectivity index (χ2n) is 6.27. The normalized spacial score (nSPS) is 12.8. The zero-order valence-electron chi connectivity index (χ0n) is 14.5. The maximum Gasteiger partial charge on any atom is 0.274 e. The summed E-state index contributed by atoms with van der Waals surface area (Å²) in [5, 5.41) is 2.54. The van der Waals surface area contributed by atoms with Crippen molar-refractivity contribution in [3.63, 3.8) is 0 Å². The van der Waals surface area contributed by atoms with Gasteiger partial charge in [0.1, 0.15) is 17.3 Å². The Hall–Kier alpha value is -3.35. The Kier molecular flexibility index (Phi) is 4.27. The molecule has 0 fully saturated rings. The first-order valence-electron chi connectivity index (χ1n) is 8.49. The number of anilines is 3. The van der Waals surface area contributed by atoms with Gasteiger partial charge in [-0.25, -0.2) is 18.7 Å². The SMILES string of the molecule is Cc1nc(C(=O)Nc2ccc(F)c(F)c2)cc(N2CCc3ccccc32)n1. The van der Waals surface area contributed by atoms with Gasteiger partial charge in [0.2, 0.25) is 0 Å².